The first-order valence-electron chi connectivity index (χ1n) is 7.68. The van der Waals surface area contributed by atoms with Gasteiger partial charge in [0.1, 0.15) is 0 Å². The average Bonchev–Trinajstić information content (AvgIpc) is 2.52. The van der Waals surface area contributed by atoms with Crippen molar-refractivity contribution in [3.63, 3.8) is 0 Å². The van der Waals surface area contributed by atoms with Crippen LogP contribution in [0.2, 0.25) is 0 Å². The number of thioether (sulfide) groups is 1. The second-order valence-corrected chi connectivity index (χ2v) is 6.99. The Morgan fingerprint density at radius 3 is 3.05 bits per heavy atom. The van der Waals surface area contributed by atoms with Crippen LogP contribution in [0.15, 0.2) is 29.4 Å². The maximum atomic E-state index is 4.44. The van der Waals surface area contributed by atoms with E-state index in [9.17, 15) is 0 Å². The summed E-state index contributed by atoms with van der Waals surface area (Å²) in [6, 6.07) is 6.05. The van der Waals surface area contributed by atoms with E-state index in [2.05, 4.69) is 51.9 Å². The first-order valence-corrected chi connectivity index (χ1v) is 8.72. The first kappa shape index (κ1) is 16.1. The number of guanidine groups is 1. The Kier molecular flexibility index (Phi) is 6.36. The molecule has 0 saturated carbocycles. The zero-order valence-corrected chi connectivity index (χ0v) is 14.1. The topological polar surface area (TPSA) is 40.5 Å². The lowest BCUT2D eigenvalue weighted by Gasteiger charge is -2.36. The van der Waals surface area contributed by atoms with Gasteiger partial charge in [-0.1, -0.05) is 19.9 Å². The molecule has 1 saturated heterocycles. The van der Waals surface area contributed by atoms with Gasteiger partial charge >= 0.3 is 0 Å². The molecule has 1 aromatic rings. The summed E-state index contributed by atoms with van der Waals surface area (Å²) in [4.78, 5) is 11.2. The Hall–Kier alpha value is -1.23. The fourth-order valence-corrected chi connectivity index (χ4v) is 3.75. The number of hydrogen-bond acceptors (Lipinski definition) is 3. The molecule has 1 unspecified atom stereocenters. The summed E-state index contributed by atoms with van der Waals surface area (Å²) >= 11 is 2.09. The minimum Gasteiger partial charge on any atom is -0.356 e. The normalized spacial score (nSPS) is 19.9. The standard InChI is InChI=1S/C16H26N4S/c1-13(2)15-12-20(10-11-21-15)16(17-3)19-9-7-14-6-4-5-8-18-14/h4-6,8,13,15H,7,9-12H2,1-3H3,(H,17,19). The number of aliphatic imine (C=N–C) groups is 1. The van der Waals surface area contributed by atoms with Crippen LogP contribution in [0, 0.1) is 5.92 Å². The van der Waals surface area contributed by atoms with E-state index in [1.807, 2.05) is 25.4 Å². The molecule has 2 rings (SSSR count). The molecule has 1 N–H and O–H groups in total. The molecule has 0 bridgehead atoms. The second-order valence-electron chi connectivity index (χ2n) is 5.64. The van der Waals surface area contributed by atoms with Gasteiger partial charge in [0, 0.05) is 56.0 Å². The Balaban J connectivity index is 1.82. The van der Waals surface area contributed by atoms with E-state index in [0.717, 1.165) is 37.7 Å². The molecule has 5 heteroatoms. The molecule has 1 atom stereocenters. The highest BCUT2D eigenvalue weighted by Crippen LogP contribution is 2.24. The van der Waals surface area contributed by atoms with Crippen LogP contribution < -0.4 is 5.32 Å². The SMILES string of the molecule is CN=C(NCCc1ccccn1)N1CCSC(C(C)C)C1. The molecular formula is C16H26N4S. The molecule has 4 nitrogen and oxygen atoms in total. The molecular weight excluding hydrogens is 280 g/mol. The lowest BCUT2D eigenvalue weighted by Crippen LogP contribution is -2.49. The van der Waals surface area contributed by atoms with Gasteiger partial charge in [-0.25, -0.2) is 0 Å². The Labute approximate surface area is 132 Å². The third kappa shape index (κ3) is 4.92. The van der Waals surface area contributed by atoms with Gasteiger partial charge in [-0.15, -0.1) is 0 Å². The van der Waals surface area contributed by atoms with Crippen molar-refractivity contribution in [1.29, 1.82) is 0 Å². The van der Waals surface area contributed by atoms with Gasteiger partial charge < -0.3 is 10.2 Å². The summed E-state index contributed by atoms with van der Waals surface area (Å²) in [7, 11) is 1.87. The van der Waals surface area contributed by atoms with Crippen molar-refractivity contribution in [2.45, 2.75) is 25.5 Å². The van der Waals surface area contributed by atoms with Crippen LogP contribution in [0.4, 0.5) is 0 Å². The molecule has 2 heterocycles. The van der Waals surface area contributed by atoms with Gasteiger partial charge in [-0.2, -0.15) is 11.8 Å². The zero-order chi connectivity index (χ0) is 15.1. The Bertz CT molecular complexity index is 447. The minimum atomic E-state index is 0.702. The molecule has 1 aliphatic rings. The fraction of sp³-hybridized carbons (Fsp3) is 0.625. The third-order valence-corrected chi connectivity index (χ3v) is 5.28. The van der Waals surface area contributed by atoms with Crippen LogP contribution in [0.3, 0.4) is 0 Å². The highest BCUT2D eigenvalue weighted by Gasteiger charge is 2.24. The van der Waals surface area contributed by atoms with Crippen molar-refractivity contribution in [3.8, 4) is 0 Å². The summed E-state index contributed by atoms with van der Waals surface area (Å²) < 4.78 is 0. The Morgan fingerprint density at radius 2 is 2.38 bits per heavy atom. The lowest BCUT2D eigenvalue weighted by molar-refractivity contribution is 0.381. The van der Waals surface area contributed by atoms with E-state index < -0.39 is 0 Å². The number of aromatic nitrogens is 1. The molecule has 0 amide bonds. The molecule has 116 valence electrons. The van der Waals surface area contributed by atoms with Crippen LogP contribution in [0.25, 0.3) is 0 Å². The quantitative estimate of drug-likeness (QED) is 0.684. The maximum absolute atomic E-state index is 4.44. The van der Waals surface area contributed by atoms with Crippen LogP contribution >= 0.6 is 11.8 Å². The molecule has 1 aliphatic heterocycles. The van der Waals surface area contributed by atoms with Crippen molar-refractivity contribution in [1.82, 2.24) is 15.2 Å². The summed E-state index contributed by atoms with van der Waals surface area (Å²) in [5.74, 6) is 2.92. The molecule has 0 radical (unpaired) electrons. The average molecular weight is 306 g/mol. The van der Waals surface area contributed by atoms with Crippen molar-refractivity contribution < 1.29 is 0 Å². The van der Waals surface area contributed by atoms with Crippen molar-refractivity contribution in [2.75, 3.05) is 32.4 Å². The van der Waals surface area contributed by atoms with Crippen LogP contribution in [0.1, 0.15) is 19.5 Å². The number of pyridine rings is 1. The van der Waals surface area contributed by atoms with E-state index in [1.54, 1.807) is 0 Å². The predicted molar refractivity (Wildman–Crippen MR) is 92.0 cm³/mol. The number of rotatable bonds is 4. The van der Waals surface area contributed by atoms with Gasteiger partial charge in [0.25, 0.3) is 0 Å². The molecule has 21 heavy (non-hydrogen) atoms. The summed E-state index contributed by atoms with van der Waals surface area (Å²) in [6.07, 6.45) is 2.77. The van der Waals surface area contributed by atoms with Gasteiger partial charge in [-0.3, -0.25) is 9.98 Å². The zero-order valence-electron chi connectivity index (χ0n) is 13.2. The smallest absolute Gasteiger partial charge is 0.193 e. The summed E-state index contributed by atoms with van der Waals surface area (Å²) in [5.41, 5.74) is 1.12. The molecule has 0 aromatic carbocycles. The van der Waals surface area contributed by atoms with Crippen LogP contribution in [-0.4, -0.2) is 53.5 Å². The maximum Gasteiger partial charge on any atom is 0.193 e. The minimum absolute atomic E-state index is 0.702. The number of nitrogens with one attached hydrogen (secondary N) is 1. The molecule has 0 spiro atoms. The summed E-state index contributed by atoms with van der Waals surface area (Å²) in [6.45, 7) is 7.65. The van der Waals surface area contributed by atoms with E-state index in [4.69, 9.17) is 0 Å². The molecule has 1 aromatic heterocycles. The monoisotopic (exact) mass is 306 g/mol. The molecule has 0 aliphatic carbocycles. The number of nitrogens with zero attached hydrogens (tertiary/aromatic N) is 3. The predicted octanol–water partition coefficient (Wildman–Crippen LogP) is 2.27. The first-order chi connectivity index (χ1) is 10.2. The fourth-order valence-electron chi connectivity index (χ4n) is 2.45. The highest BCUT2D eigenvalue weighted by atomic mass is 32.2. The Morgan fingerprint density at radius 1 is 1.52 bits per heavy atom. The van der Waals surface area contributed by atoms with Gasteiger partial charge in [0.15, 0.2) is 5.96 Å². The van der Waals surface area contributed by atoms with Crippen molar-refractivity contribution >= 4 is 17.7 Å². The number of hydrogen-bond donors (Lipinski definition) is 1. The van der Waals surface area contributed by atoms with E-state index in [0.29, 0.717) is 11.2 Å². The second kappa shape index (κ2) is 8.27. The summed E-state index contributed by atoms with van der Waals surface area (Å²) in [5, 5.41) is 4.18. The van der Waals surface area contributed by atoms with Gasteiger partial charge in [-0.05, 0) is 18.1 Å². The van der Waals surface area contributed by atoms with Crippen molar-refractivity contribution in [3.05, 3.63) is 30.1 Å². The van der Waals surface area contributed by atoms with Crippen LogP contribution in [0.5, 0.6) is 0 Å². The van der Waals surface area contributed by atoms with Gasteiger partial charge in [0.2, 0.25) is 0 Å². The van der Waals surface area contributed by atoms with E-state index >= 15 is 0 Å². The van der Waals surface area contributed by atoms with Gasteiger partial charge in [0.05, 0.1) is 0 Å². The van der Waals surface area contributed by atoms with E-state index in [-0.39, 0.29) is 0 Å². The van der Waals surface area contributed by atoms with Crippen LogP contribution in [-0.2, 0) is 6.42 Å². The lowest BCUT2D eigenvalue weighted by atomic mass is 10.1. The molecule has 1 fully saturated rings. The highest BCUT2D eigenvalue weighted by molar-refractivity contribution is 8.00. The third-order valence-electron chi connectivity index (χ3n) is 3.74. The van der Waals surface area contributed by atoms with E-state index in [1.165, 1.54) is 5.75 Å². The largest absolute Gasteiger partial charge is 0.356 e. The van der Waals surface area contributed by atoms with Crippen molar-refractivity contribution in [2.24, 2.45) is 10.9 Å².